The van der Waals surface area contributed by atoms with Gasteiger partial charge in [-0.3, -0.25) is 14.8 Å². The first-order chi connectivity index (χ1) is 11.6. The highest BCUT2D eigenvalue weighted by molar-refractivity contribution is 6.33. The van der Waals surface area contributed by atoms with Crippen LogP contribution in [0.5, 0.6) is 0 Å². The Balaban J connectivity index is 1.69. The summed E-state index contributed by atoms with van der Waals surface area (Å²) in [5.41, 5.74) is 2.28. The largest absolute Gasteiger partial charge is 0.347 e. The summed E-state index contributed by atoms with van der Waals surface area (Å²) in [7, 11) is 0. The normalized spacial score (nSPS) is 10.4. The Morgan fingerprint density at radius 3 is 2.71 bits per heavy atom. The summed E-state index contributed by atoms with van der Waals surface area (Å²) in [5, 5.41) is 3.22. The lowest BCUT2D eigenvalue weighted by molar-refractivity contribution is 0.0946. The molecule has 4 nitrogen and oxygen atoms in total. The van der Waals surface area contributed by atoms with Gasteiger partial charge in [-0.2, -0.15) is 0 Å². The molecule has 0 spiro atoms. The van der Waals surface area contributed by atoms with E-state index < -0.39 is 0 Å². The molecule has 0 bridgehead atoms. The first-order valence-corrected chi connectivity index (χ1v) is 7.61. The van der Waals surface area contributed by atoms with Crippen molar-refractivity contribution in [2.75, 3.05) is 0 Å². The van der Waals surface area contributed by atoms with Crippen molar-refractivity contribution >= 4 is 17.5 Å². The molecule has 3 rings (SSSR count). The van der Waals surface area contributed by atoms with Gasteiger partial charge in [-0.05, 0) is 42.0 Å². The Kier molecular flexibility index (Phi) is 4.82. The predicted molar refractivity (Wildman–Crippen MR) is 90.0 cm³/mol. The summed E-state index contributed by atoms with van der Waals surface area (Å²) >= 11 is 6.09. The number of hydrogen-bond donors (Lipinski definition) is 1. The van der Waals surface area contributed by atoms with E-state index in [0.29, 0.717) is 16.3 Å². The van der Waals surface area contributed by atoms with Gasteiger partial charge in [-0.15, -0.1) is 0 Å². The van der Waals surface area contributed by atoms with Crippen molar-refractivity contribution in [2.24, 2.45) is 0 Å². The van der Waals surface area contributed by atoms with E-state index in [9.17, 15) is 9.18 Å². The smallest absolute Gasteiger partial charge is 0.270 e. The molecular formula is C18H13ClFN3O. The van der Waals surface area contributed by atoms with Gasteiger partial charge >= 0.3 is 0 Å². The van der Waals surface area contributed by atoms with Crippen molar-refractivity contribution in [1.29, 1.82) is 0 Å². The number of amides is 1. The van der Waals surface area contributed by atoms with Gasteiger partial charge in [0.25, 0.3) is 5.91 Å². The van der Waals surface area contributed by atoms with Crippen LogP contribution >= 0.6 is 11.6 Å². The van der Waals surface area contributed by atoms with Gasteiger partial charge in [0.1, 0.15) is 11.5 Å². The van der Waals surface area contributed by atoms with Gasteiger partial charge in [0.05, 0.1) is 10.7 Å². The number of nitrogens with zero attached hydrogens (tertiary/aromatic N) is 2. The average molecular weight is 342 g/mol. The third-order valence-electron chi connectivity index (χ3n) is 3.37. The maximum absolute atomic E-state index is 13.1. The fourth-order valence-electron chi connectivity index (χ4n) is 2.19. The molecule has 2 aromatic heterocycles. The van der Waals surface area contributed by atoms with Crippen LogP contribution in [0.2, 0.25) is 5.02 Å². The third-order valence-corrected chi connectivity index (χ3v) is 3.68. The Morgan fingerprint density at radius 1 is 1.12 bits per heavy atom. The Bertz CT molecular complexity index is 868. The number of carbonyl (C=O) groups excluding carboxylic acids is 1. The van der Waals surface area contributed by atoms with Crippen LogP contribution in [0.3, 0.4) is 0 Å². The molecule has 0 fully saturated rings. The van der Waals surface area contributed by atoms with Gasteiger partial charge < -0.3 is 5.32 Å². The van der Waals surface area contributed by atoms with E-state index in [1.807, 2.05) is 0 Å². The zero-order valence-electron chi connectivity index (χ0n) is 12.5. The fourth-order valence-corrected chi connectivity index (χ4v) is 2.42. The van der Waals surface area contributed by atoms with Crippen molar-refractivity contribution in [3.05, 3.63) is 83.0 Å². The molecule has 0 aliphatic carbocycles. The first-order valence-electron chi connectivity index (χ1n) is 7.23. The number of nitrogens with one attached hydrogen (secondary N) is 1. The summed E-state index contributed by atoms with van der Waals surface area (Å²) in [6, 6.07) is 12.9. The molecule has 0 radical (unpaired) electrons. The number of rotatable bonds is 4. The Morgan fingerprint density at radius 2 is 2.00 bits per heavy atom. The summed E-state index contributed by atoms with van der Waals surface area (Å²) in [6.45, 7) is 0.228. The second kappa shape index (κ2) is 7.19. The minimum absolute atomic E-state index is 0.228. The van der Waals surface area contributed by atoms with Crippen LogP contribution in [0.1, 0.15) is 16.1 Å². The number of benzene rings is 1. The van der Waals surface area contributed by atoms with E-state index in [1.54, 1.807) is 48.8 Å². The van der Waals surface area contributed by atoms with Gasteiger partial charge in [0.2, 0.25) is 0 Å². The van der Waals surface area contributed by atoms with E-state index in [2.05, 4.69) is 15.3 Å². The minimum atomic E-state index is -0.337. The molecule has 6 heteroatoms. The van der Waals surface area contributed by atoms with Crippen LogP contribution in [-0.2, 0) is 6.54 Å². The highest BCUT2D eigenvalue weighted by atomic mass is 35.5. The number of halogens is 2. The van der Waals surface area contributed by atoms with Crippen molar-refractivity contribution in [2.45, 2.75) is 6.54 Å². The molecule has 1 aromatic carbocycles. The van der Waals surface area contributed by atoms with E-state index >= 15 is 0 Å². The molecule has 0 aliphatic rings. The molecule has 0 atom stereocenters. The molecule has 0 unspecified atom stereocenters. The molecule has 0 aliphatic heterocycles. The van der Waals surface area contributed by atoms with E-state index in [4.69, 9.17) is 11.6 Å². The fraction of sp³-hybridized carbons (Fsp3) is 0.0556. The molecule has 3 aromatic rings. The molecule has 2 heterocycles. The van der Waals surface area contributed by atoms with Crippen molar-refractivity contribution in [1.82, 2.24) is 15.3 Å². The standard InChI is InChI=1S/C18H13ClFN3O/c19-15-5-2-8-21-17(15)13-6-7-16(22-11-13)18(24)23-10-12-3-1-4-14(20)9-12/h1-9,11H,10H2,(H,23,24). The lowest BCUT2D eigenvalue weighted by Crippen LogP contribution is -2.23. The quantitative estimate of drug-likeness (QED) is 0.783. The van der Waals surface area contributed by atoms with Crippen molar-refractivity contribution in [3.63, 3.8) is 0 Å². The zero-order chi connectivity index (χ0) is 16.9. The number of hydrogen-bond acceptors (Lipinski definition) is 3. The maximum Gasteiger partial charge on any atom is 0.270 e. The molecule has 1 N–H and O–H groups in total. The predicted octanol–water partition coefficient (Wildman–Crippen LogP) is 3.87. The second-order valence-electron chi connectivity index (χ2n) is 5.08. The summed E-state index contributed by atoms with van der Waals surface area (Å²) in [5.74, 6) is -0.672. The average Bonchev–Trinajstić information content (AvgIpc) is 2.60. The van der Waals surface area contributed by atoms with Gasteiger partial charge in [-0.25, -0.2) is 4.39 Å². The van der Waals surface area contributed by atoms with E-state index in [0.717, 1.165) is 5.56 Å². The summed E-state index contributed by atoms with van der Waals surface area (Å²) in [6.07, 6.45) is 3.19. The highest BCUT2D eigenvalue weighted by Gasteiger charge is 2.09. The van der Waals surface area contributed by atoms with Crippen LogP contribution in [-0.4, -0.2) is 15.9 Å². The van der Waals surface area contributed by atoms with Crippen molar-refractivity contribution in [3.8, 4) is 11.3 Å². The summed E-state index contributed by atoms with van der Waals surface area (Å²) in [4.78, 5) is 20.4. The number of aromatic nitrogens is 2. The minimum Gasteiger partial charge on any atom is -0.347 e. The SMILES string of the molecule is O=C(NCc1cccc(F)c1)c1ccc(-c2ncccc2Cl)cn1. The molecule has 1 amide bonds. The van der Waals surface area contributed by atoms with Crippen molar-refractivity contribution < 1.29 is 9.18 Å². The van der Waals surface area contributed by atoms with E-state index in [1.165, 1.54) is 12.1 Å². The molecule has 0 saturated heterocycles. The first kappa shape index (κ1) is 16.1. The topological polar surface area (TPSA) is 54.9 Å². The van der Waals surface area contributed by atoms with Crippen LogP contribution in [0, 0.1) is 5.82 Å². The highest BCUT2D eigenvalue weighted by Crippen LogP contribution is 2.24. The molecule has 24 heavy (non-hydrogen) atoms. The molecular weight excluding hydrogens is 329 g/mol. The zero-order valence-corrected chi connectivity index (χ0v) is 13.3. The van der Waals surface area contributed by atoms with Crippen LogP contribution in [0.15, 0.2) is 60.9 Å². The van der Waals surface area contributed by atoms with Gasteiger partial charge in [-0.1, -0.05) is 23.7 Å². The maximum atomic E-state index is 13.1. The Labute approximate surface area is 143 Å². The van der Waals surface area contributed by atoms with Gasteiger partial charge in [0.15, 0.2) is 0 Å². The van der Waals surface area contributed by atoms with Crippen LogP contribution in [0.4, 0.5) is 4.39 Å². The molecule has 0 saturated carbocycles. The lowest BCUT2D eigenvalue weighted by Gasteiger charge is -2.06. The van der Waals surface area contributed by atoms with E-state index in [-0.39, 0.29) is 24.0 Å². The molecule has 120 valence electrons. The monoisotopic (exact) mass is 341 g/mol. The van der Waals surface area contributed by atoms with Crippen LogP contribution in [0.25, 0.3) is 11.3 Å². The lowest BCUT2D eigenvalue weighted by atomic mass is 10.1. The number of pyridine rings is 2. The van der Waals surface area contributed by atoms with Crippen LogP contribution < -0.4 is 5.32 Å². The second-order valence-corrected chi connectivity index (χ2v) is 5.49. The summed E-state index contributed by atoms with van der Waals surface area (Å²) < 4.78 is 13.1. The van der Waals surface area contributed by atoms with Gasteiger partial charge in [0, 0.05) is 24.5 Å². The third kappa shape index (κ3) is 3.75. The Hall–Kier alpha value is -2.79. The number of carbonyl (C=O) groups is 1.